The standard InChI is InChI=1S/C18H15FN4O2S/c19-12-6-4-11(5-7-12)13-8-9-17(25)23(22-13)10-16(24)21-18-20-14-2-1-3-15(14)26-18/h4-9H,1-3,10H2,(H,20,21,24). The molecule has 0 atom stereocenters. The summed E-state index contributed by atoms with van der Waals surface area (Å²) < 4.78 is 14.1. The molecule has 0 fully saturated rings. The molecule has 2 heterocycles. The van der Waals surface area contributed by atoms with E-state index < -0.39 is 0 Å². The fourth-order valence-electron chi connectivity index (χ4n) is 2.88. The summed E-state index contributed by atoms with van der Waals surface area (Å²) in [7, 11) is 0. The zero-order valence-electron chi connectivity index (χ0n) is 13.7. The van der Waals surface area contributed by atoms with E-state index in [9.17, 15) is 14.0 Å². The van der Waals surface area contributed by atoms with E-state index in [4.69, 9.17) is 0 Å². The number of halogens is 1. The summed E-state index contributed by atoms with van der Waals surface area (Å²) in [6.45, 7) is -0.210. The van der Waals surface area contributed by atoms with Crippen LogP contribution in [-0.4, -0.2) is 20.7 Å². The Morgan fingerprint density at radius 1 is 1.19 bits per heavy atom. The number of fused-ring (bicyclic) bond motifs is 1. The number of carbonyl (C=O) groups is 1. The molecule has 0 spiro atoms. The monoisotopic (exact) mass is 370 g/mol. The number of nitrogens with zero attached hydrogens (tertiary/aromatic N) is 3. The van der Waals surface area contributed by atoms with Crippen LogP contribution in [0.2, 0.25) is 0 Å². The molecule has 4 rings (SSSR count). The van der Waals surface area contributed by atoms with Gasteiger partial charge >= 0.3 is 0 Å². The minimum Gasteiger partial charge on any atom is -0.300 e. The molecular weight excluding hydrogens is 355 g/mol. The molecule has 6 nitrogen and oxygen atoms in total. The summed E-state index contributed by atoms with van der Waals surface area (Å²) in [5.74, 6) is -0.708. The average Bonchev–Trinajstić information content (AvgIpc) is 3.19. The first kappa shape index (κ1) is 16.6. The third-order valence-corrected chi connectivity index (χ3v) is 5.21. The molecule has 0 radical (unpaired) electrons. The fourth-order valence-corrected chi connectivity index (χ4v) is 3.94. The Morgan fingerprint density at radius 3 is 2.77 bits per heavy atom. The van der Waals surface area contributed by atoms with E-state index >= 15 is 0 Å². The van der Waals surface area contributed by atoms with Gasteiger partial charge in [-0.25, -0.2) is 14.1 Å². The highest BCUT2D eigenvalue weighted by Gasteiger charge is 2.18. The van der Waals surface area contributed by atoms with Crippen LogP contribution in [0.15, 0.2) is 41.2 Å². The first-order valence-corrected chi connectivity index (χ1v) is 9.03. The lowest BCUT2D eigenvalue weighted by molar-refractivity contribution is -0.117. The van der Waals surface area contributed by atoms with Gasteiger partial charge in [0.05, 0.1) is 11.4 Å². The summed E-state index contributed by atoms with van der Waals surface area (Å²) in [5.41, 5.74) is 1.83. The third kappa shape index (κ3) is 3.41. The maximum Gasteiger partial charge on any atom is 0.267 e. The van der Waals surface area contributed by atoms with Gasteiger partial charge in [0.25, 0.3) is 5.56 Å². The first-order chi connectivity index (χ1) is 12.6. The van der Waals surface area contributed by atoms with Gasteiger partial charge in [0, 0.05) is 16.5 Å². The van der Waals surface area contributed by atoms with Crippen LogP contribution in [0.3, 0.4) is 0 Å². The molecule has 0 aliphatic heterocycles. The van der Waals surface area contributed by atoms with Crippen molar-refractivity contribution in [2.75, 3.05) is 5.32 Å². The highest BCUT2D eigenvalue weighted by molar-refractivity contribution is 7.15. The number of rotatable bonds is 4. The van der Waals surface area contributed by atoms with Crippen LogP contribution in [0.1, 0.15) is 17.0 Å². The first-order valence-electron chi connectivity index (χ1n) is 8.21. The van der Waals surface area contributed by atoms with Crippen molar-refractivity contribution in [3.63, 3.8) is 0 Å². The van der Waals surface area contributed by atoms with Crippen molar-refractivity contribution in [2.45, 2.75) is 25.8 Å². The minimum absolute atomic E-state index is 0.210. The largest absolute Gasteiger partial charge is 0.300 e. The lowest BCUT2D eigenvalue weighted by Gasteiger charge is -2.07. The van der Waals surface area contributed by atoms with E-state index in [0.29, 0.717) is 16.4 Å². The molecule has 1 aliphatic carbocycles. The van der Waals surface area contributed by atoms with Crippen LogP contribution in [0, 0.1) is 5.82 Å². The van der Waals surface area contributed by atoms with Crippen molar-refractivity contribution in [1.29, 1.82) is 0 Å². The Morgan fingerprint density at radius 2 is 2.00 bits per heavy atom. The van der Waals surface area contributed by atoms with Crippen molar-refractivity contribution in [2.24, 2.45) is 0 Å². The lowest BCUT2D eigenvalue weighted by Crippen LogP contribution is -2.29. The van der Waals surface area contributed by atoms with Crippen molar-refractivity contribution in [3.05, 3.63) is 63.1 Å². The molecule has 0 unspecified atom stereocenters. The number of aryl methyl sites for hydroxylation is 2. The number of aromatic nitrogens is 3. The van der Waals surface area contributed by atoms with E-state index in [1.807, 2.05) is 0 Å². The number of hydrogen-bond acceptors (Lipinski definition) is 5. The number of thiazole rings is 1. The second-order valence-electron chi connectivity index (χ2n) is 6.01. The SMILES string of the molecule is O=C(Cn1nc(-c2ccc(F)cc2)ccc1=O)Nc1nc2c(s1)CCC2. The smallest absolute Gasteiger partial charge is 0.267 e. The molecule has 132 valence electrons. The molecule has 26 heavy (non-hydrogen) atoms. The van der Waals surface area contributed by atoms with Crippen molar-refractivity contribution in [1.82, 2.24) is 14.8 Å². The van der Waals surface area contributed by atoms with Gasteiger partial charge in [-0.05, 0) is 49.6 Å². The fraction of sp³-hybridized carbons (Fsp3) is 0.222. The molecule has 0 bridgehead atoms. The van der Waals surface area contributed by atoms with E-state index in [1.165, 1.54) is 34.4 Å². The van der Waals surface area contributed by atoms with E-state index in [2.05, 4.69) is 15.4 Å². The molecule has 1 amide bonds. The maximum absolute atomic E-state index is 13.1. The Bertz CT molecular complexity index is 1000. The summed E-state index contributed by atoms with van der Waals surface area (Å²) >= 11 is 1.48. The van der Waals surface area contributed by atoms with Crippen molar-refractivity contribution >= 4 is 22.4 Å². The highest BCUT2D eigenvalue weighted by atomic mass is 32.1. The molecule has 2 aromatic heterocycles. The zero-order chi connectivity index (χ0) is 18.1. The van der Waals surface area contributed by atoms with Gasteiger partial charge in [0.2, 0.25) is 5.91 Å². The number of carbonyl (C=O) groups excluding carboxylic acids is 1. The van der Waals surface area contributed by atoms with E-state index in [0.717, 1.165) is 29.6 Å². The average molecular weight is 370 g/mol. The summed E-state index contributed by atoms with van der Waals surface area (Å²) in [4.78, 5) is 29.9. The normalized spacial score (nSPS) is 12.8. The van der Waals surface area contributed by atoms with E-state index in [1.54, 1.807) is 18.2 Å². The third-order valence-electron chi connectivity index (χ3n) is 4.14. The quantitative estimate of drug-likeness (QED) is 0.766. The van der Waals surface area contributed by atoms with Gasteiger partial charge in [-0.1, -0.05) is 0 Å². The second-order valence-corrected chi connectivity index (χ2v) is 7.10. The number of anilines is 1. The summed E-state index contributed by atoms with van der Waals surface area (Å²) in [6, 6.07) is 8.68. The Balaban J connectivity index is 1.51. The lowest BCUT2D eigenvalue weighted by atomic mass is 10.1. The Kier molecular flexibility index (Phi) is 4.34. The molecule has 0 saturated heterocycles. The van der Waals surface area contributed by atoms with Crippen LogP contribution < -0.4 is 10.9 Å². The zero-order valence-corrected chi connectivity index (χ0v) is 14.6. The Hall–Kier alpha value is -2.87. The van der Waals surface area contributed by atoms with E-state index in [-0.39, 0.29) is 23.8 Å². The molecule has 8 heteroatoms. The highest BCUT2D eigenvalue weighted by Crippen LogP contribution is 2.30. The van der Waals surface area contributed by atoms with Crippen molar-refractivity contribution < 1.29 is 9.18 Å². The van der Waals surface area contributed by atoms with Gasteiger partial charge in [-0.15, -0.1) is 11.3 Å². The Labute approximate surface area is 152 Å². The predicted molar refractivity (Wildman–Crippen MR) is 96.7 cm³/mol. The summed E-state index contributed by atoms with van der Waals surface area (Å²) in [6.07, 6.45) is 3.06. The van der Waals surface area contributed by atoms with Gasteiger partial charge in [-0.2, -0.15) is 5.10 Å². The summed E-state index contributed by atoms with van der Waals surface area (Å²) in [5, 5.41) is 7.50. The van der Waals surface area contributed by atoms with Crippen LogP contribution >= 0.6 is 11.3 Å². The van der Waals surface area contributed by atoms with Crippen LogP contribution in [0.5, 0.6) is 0 Å². The number of nitrogens with one attached hydrogen (secondary N) is 1. The molecule has 3 aromatic rings. The van der Waals surface area contributed by atoms with Crippen LogP contribution in [-0.2, 0) is 24.2 Å². The number of benzene rings is 1. The van der Waals surface area contributed by atoms with Gasteiger partial charge < -0.3 is 5.32 Å². The topological polar surface area (TPSA) is 76.9 Å². The molecular formula is C18H15FN4O2S. The van der Waals surface area contributed by atoms with Gasteiger partial charge in [0.1, 0.15) is 12.4 Å². The maximum atomic E-state index is 13.1. The predicted octanol–water partition coefficient (Wildman–Crippen LogP) is 2.63. The molecule has 0 saturated carbocycles. The second kappa shape index (κ2) is 6.80. The van der Waals surface area contributed by atoms with Crippen LogP contribution in [0.4, 0.5) is 9.52 Å². The molecule has 1 aliphatic rings. The van der Waals surface area contributed by atoms with Gasteiger partial charge in [0.15, 0.2) is 5.13 Å². The number of amides is 1. The molecule has 1 N–H and O–H groups in total. The number of hydrogen-bond donors (Lipinski definition) is 1. The minimum atomic E-state index is -0.382. The van der Waals surface area contributed by atoms with Crippen molar-refractivity contribution in [3.8, 4) is 11.3 Å². The van der Waals surface area contributed by atoms with Gasteiger partial charge in [-0.3, -0.25) is 9.59 Å². The van der Waals surface area contributed by atoms with Crippen LogP contribution in [0.25, 0.3) is 11.3 Å². The molecule has 1 aromatic carbocycles.